The maximum Gasteiger partial charge on any atom is 0.326 e. The first-order chi connectivity index (χ1) is 9.49. The molecule has 0 fully saturated rings. The third kappa shape index (κ3) is 3.55. The van der Waals surface area contributed by atoms with Crippen molar-refractivity contribution < 1.29 is 14.7 Å². The fourth-order valence-electron chi connectivity index (χ4n) is 2.30. The summed E-state index contributed by atoms with van der Waals surface area (Å²) in [6.07, 6.45) is 1.45. The quantitative estimate of drug-likeness (QED) is 0.877. The minimum atomic E-state index is -0.960. The number of carboxylic acids is 1. The molecule has 2 rings (SSSR count). The molecule has 0 aromatic carbocycles. The standard InChI is InChI=1S/C14H19NO3S2/c1-8(2)7-10(14(17)18)15-13(16)12-9-3-5-19-11(9)4-6-20-12/h3,5,8,10,12H,4,6-7H2,1-2H3,(H,15,16)(H,17,18)/t10-,12?/m0/s1. The predicted octanol–water partition coefficient (Wildman–Crippen LogP) is 2.69. The highest BCUT2D eigenvalue weighted by Gasteiger charge is 2.31. The number of aliphatic carboxylic acids is 1. The Morgan fingerprint density at radius 3 is 2.90 bits per heavy atom. The summed E-state index contributed by atoms with van der Waals surface area (Å²) < 4.78 is 0. The van der Waals surface area contributed by atoms with Crippen molar-refractivity contribution >= 4 is 35.0 Å². The van der Waals surface area contributed by atoms with Crippen molar-refractivity contribution in [1.29, 1.82) is 0 Å². The monoisotopic (exact) mass is 313 g/mol. The zero-order chi connectivity index (χ0) is 14.7. The van der Waals surface area contributed by atoms with Gasteiger partial charge >= 0.3 is 5.97 Å². The molecule has 110 valence electrons. The van der Waals surface area contributed by atoms with Crippen LogP contribution in [0.3, 0.4) is 0 Å². The minimum Gasteiger partial charge on any atom is -0.480 e. The average Bonchev–Trinajstić information content (AvgIpc) is 2.84. The third-order valence-electron chi connectivity index (χ3n) is 3.24. The van der Waals surface area contributed by atoms with E-state index in [0.717, 1.165) is 17.7 Å². The summed E-state index contributed by atoms with van der Waals surface area (Å²) in [5.41, 5.74) is 1.05. The number of rotatable bonds is 5. The van der Waals surface area contributed by atoms with E-state index in [2.05, 4.69) is 5.32 Å². The number of fused-ring (bicyclic) bond motifs is 1. The van der Waals surface area contributed by atoms with Gasteiger partial charge in [0.1, 0.15) is 11.3 Å². The lowest BCUT2D eigenvalue weighted by molar-refractivity contribution is -0.142. The van der Waals surface area contributed by atoms with Crippen LogP contribution < -0.4 is 5.32 Å². The molecule has 2 heterocycles. The van der Waals surface area contributed by atoms with Crippen molar-refractivity contribution in [1.82, 2.24) is 5.32 Å². The molecule has 1 aromatic heterocycles. The fourth-order valence-corrected chi connectivity index (χ4v) is 4.61. The molecular weight excluding hydrogens is 294 g/mol. The first-order valence-corrected chi connectivity index (χ1v) is 8.63. The first kappa shape index (κ1) is 15.4. The van der Waals surface area contributed by atoms with Gasteiger partial charge in [-0.3, -0.25) is 4.79 Å². The molecule has 0 saturated heterocycles. The predicted molar refractivity (Wildman–Crippen MR) is 82.2 cm³/mol. The molecule has 1 unspecified atom stereocenters. The number of hydrogen-bond donors (Lipinski definition) is 2. The SMILES string of the molecule is CC(C)C[C@H](NC(=O)C1SCCc2sccc21)C(=O)O. The maximum atomic E-state index is 12.4. The van der Waals surface area contributed by atoms with E-state index in [4.69, 9.17) is 0 Å². The van der Waals surface area contributed by atoms with Crippen LogP contribution in [0, 0.1) is 5.92 Å². The molecule has 6 heteroatoms. The van der Waals surface area contributed by atoms with Crippen molar-refractivity contribution in [2.45, 2.75) is 38.0 Å². The van der Waals surface area contributed by atoms with Crippen LogP contribution in [0.25, 0.3) is 0 Å². The second-order valence-corrected chi connectivity index (χ2v) is 7.54. The van der Waals surface area contributed by atoms with Gasteiger partial charge in [-0.1, -0.05) is 13.8 Å². The van der Waals surface area contributed by atoms with Crippen LogP contribution in [-0.2, 0) is 16.0 Å². The van der Waals surface area contributed by atoms with Gasteiger partial charge in [0.2, 0.25) is 5.91 Å². The largest absolute Gasteiger partial charge is 0.480 e. The Morgan fingerprint density at radius 2 is 2.25 bits per heavy atom. The number of aryl methyl sites for hydroxylation is 1. The molecular formula is C14H19NO3S2. The lowest BCUT2D eigenvalue weighted by Gasteiger charge is -2.24. The van der Waals surface area contributed by atoms with Gasteiger partial charge in [-0.2, -0.15) is 0 Å². The molecule has 0 radical (unpaired) electrons. The lowest BCUT2D eigenvalue weighted by atomic mass is 10.0. The summed E-state index contributed by atoms with van der Waals surface area (Å²) in [4.78, 5) is 24.8. The highest BCUT2D eigenvalue weighted by Crippen LogP contribution is 2.39. The Labute approximate surface area is 127 Å². The maximum absolute atomic E-state index is 12.4. The zero-order valence-corrected chi connectivity index (χ0v) is 13.2. The number of carbonyl (C=O) groups excluding carboxylic acids is 1. The Balaban J connectivity index is 2.07. The molecule has 4 nitrogen and oxygen atoms in total. The van der Waals surface area contributed by atoms with E-state index in [1.165, 1.54) is 4.88 Å². The van der Waals surface area contributed by atoms with Gasteiger partial charge in [-0.15, -0.1) is 23.1 Å². The molecule has 1 aromatic rings. The number of hydrogen-bond acceptors (Lipinski definition) is 4. The van der Waals surface area contributed by atoms with Crippen molar-refractivity contribution in [3.05, 3.63) is 21.9 Å². The van der Waals surface area contributed by atoms with E-state index >= 15 is 0 Å². The van der Waals surface area contributed by atoms with Crippen molar-refractivity contribution in [3.8, 4) is 0 Å². The van der Waals surface area contributed by atoms with Crippen LogP contribution in [0.4, 0.5) is 0 Å². The number of carbonyl (C=O) groups is 2. The van der Waals surface area contributed by atoms with Gasteiger partial charge in [-0.25, -0.2) is 4.79 Å². The smallest absolute Gasteiger partial charge is 0.326 e. The van der Waals surface area contributed by atoms with Crippen molar-refractivity contribution in [2.75, 3.05) is 5.75 Å². The number of thioether (sulfide) groups is 1. The highest BCUT2D eigenvalue weighted by atomic mass is 32.2. The molecule has 0 saturated carbocycles. The summed E-state index contributed by atoms with van der Waals surface area (Å²) in [6, 6.07) is 1.18. The van der Waals surface area contributed by atoms with E-state index in [1.54, 1.807) is 23.1 Å². The van der Waals surface area contributed by atoms with Crippen LogP contribution in [0.15, 0.2) is 11.4 Å². The second-order valence-electron chi connectivity index (χ2n) is 5.33. The summed E-state index contributed by atoms with van der Waals surface area (Å²) >= 11 is 3.27. The molecule has 0 spiro atoms. The van der Waals surface area contributed by atoms with Gasteiger partial charge in [0.05, 0.1) is 0 Å². The average molecular weight is 313 g/mol. The molecule has 2 atom stereocenters. The number of thiophene rings is 1. The molecule has 1 aliphatic rings. The summed E-state index contributed by atoms with van der Waals surface area (Å²) in [5.74, 6) is 0.000902. The lowest BCUT2D eigenvalue weighted by Crippen LogP contribution is -2.43. The summed E-state index contributed by atoms with van der Waals surface area (Å²) in [5, 5.41) is 13.6. The second kappa shape index (κ2) is 6.63. The van der Waals surface area contributed by atoms with Crippen LogP contribution in [0.1, 0.15) is 36.0 Å². The van der Waals surface area contributed by atoms with Gasteiger partial charge in [-0.05, 0) is 41.5 Å². The molecule has 2 N–H and O–H groups in total. The fraction of sp³-hybridized carbons (Fsp3) is 0.571. The molecule has 0 aliphatic carbocycles. The first-order valence-electron chi connectivity index (χ1n) is 6.70. The molecule has 20 heavy (non-hydrogen) atoms. The van der Waals surface area contributed by atoms with Crippen LogP contribution >= 0.6 is 23.1 Å². The van der Waals surface area contributed by atoms with Gasteiger partial charge < -0.3 is 10.4 Å². The number of nitrogens with one attached hydrogen (secondary N) is 1. The van der Waals surface area contributed by atoms with Crippen LogP contribution in [0.5, 0.6) is 0 Å². The minimum absolute atomic E-state index is 0.178. The Hall–Kier alpha value is -1.01. The molecule has 1 amide bonds. The van der Waals surface area contributed by atoms with Crippen molar-refractivity contribution in [3.63, 3.8) is 0 Å². The van der Waals surface area contributed by atoms with Crippen molar-refractivity contribution in [2.24, 2.45) is 5.92 Å². The van der Waals surface area contributed by atoms with E-state index in [0.29, 0.717) is 6.42 Å². The summed E-state index contributed by atoms with van der Waals surface area (Å²) in [7, 11) is 0. The highest BCUT2D eigenvalue weighted by molar-refractivity contribution is 8.00. The van der Waals surface area contributed by atoms with Gasteiger partial charge in [0, 0.05) is 4.88 Å². The third-order valence-corrected chi connectivity index (χ3v) is 5.47. The number of amides is 1. The Bertz CT molecular complexity index is 498. The van der Waals surface area contributed by atoms with Gasteiger partial charge in [0.25, 0.3) is 0 Å². The zero-order valence-electron chi connectivity index (χ0n) is 11.6. The van der Waals surface area contributed by atoms with Crippen LogP contribution in [0.2, 0.25) is 0 Å². The van der Waals surface area contributed by atoms with Crippen LogP contribution in [-0.4, -0.2) is 28.8 Å². The van der Waals surface area contributed by atoms with E-state index < -0.39 is 12.0 Å². The Morgan fingerprint density at radius 1 is 1.50 bits per heavy atom. The topological polar surface area (TPSA) is 66.4 Å². The Kier molecular flexibility index (Phi) is 5.10. The molecule has 1 aliphatic heterocycles. The molecule has 0 bridgehead atoms. The normalized spacial score (nSPS) is 19.4. The van der Waals surface area contributed by atoms with E-state index in [1.807, 2.05) is 25.3 Å². The number of carboxylic acid groups (broad SMARTS) is 1. The van der Waals surface area contributed by atoms with E-state index in [-0.39, 0.29) is 17.1 Å². The van der Waals surface area contributed by atoms with Gasteiger partial charge in [0.15, 0.2) is 0 Å². The summed E-state index contributed by atoms with van der Waals surface area (Å²) in [6.45, 7) is 3.91. The van der Waals surface area contributed by atoms with E-state index in [9.17, 15) is 14.7 Å².